The highest BCUT2D eigenvalue weighted by Crippen LogP contribution is 2.35. The molecule has 0 amide bonds. The van der Waals surface area contributed by atoms with Crippen molar-refractivity contribution in [1.29, 1.82) is 0 Å². The molecule has 0 aliphatic heterocycles. The van der Waals surface area contributed by atoms with E-state index in [4.69, 9.17) is 10.0 Å². The van der Waals surface area contributed by atoms with E-state index in [1.54, 1.807) is 5.64 Å². The van der Waals surface area contributed by atoms with Crippen LogP contribution < -0.4 is 5.64 Å². The minimum absolute atomic E-state index is 0.112. The number of allylic oxidation sites excluding steroid dienone is 1. The fourth-order valence-corrected chi connectivity index (χ4v) is 5.14. The van der Waals surface area contributed by atoms with Crippen LogP contribution in [0.2, 0.25) is 0 Å². The van der Waals surface area contributed by atoms with Crippen molar-refractivity contribution < 1.29 is 25.4 Å². The molecular weight excluding hydrogens is 450 g/mol. The number of aliphatic hydroxyl groups excluding tert-OH is 1. The maximum atomic E-state index is 10.8. The van der Waals surface area contributed by atoms with Crippen molar-refractivity contribution in [2.75, 3.05) is 0 Å². The summed E-state index contributed by atoms with van der Waals surface area (Å²) in [6, 6.07) is 0. The van der Waals surface area contributed by atoms with Gasteiger partial charge in [-0.15, -0.1) is 12.6 Å². The Bertz CT molecular complexity index is 661. The Balaban J connectivity index is 2.28. The summed E-state index contributed by atoms with van der Waals surface area (Å²) >= 11 is 4.68. The zero-order valence-corrected chi connectivity index (χ0v) is 23.2. The van der Waals surface area contributed by atoms with Crippen LogP contribution in [-0.2, 0) is 4.84 Å². The molecule has 1 aliphatic rings. The van der Waals surface area contributed by atoms with Crippen molar-refractivity contribution in [2.24, 2.45) is 11.8 Å². The number of nitrogens with one attached hydrogen (secondary N) is 1. The Morgan fingerprint density at radius 2 is 1.53 bits per heavy atom. The molecular formula is C27H51NO5S. The van der Waals surface area contributed by atoms with E-state index >= 15 is 0 Å². The average molecular weight is 502 g/mol. The van der Waals surface area contributed by atoms with Crippen LogP contribution in [0.3, 0.4) is 0 Å². The fraction of sp³-hybridized carbons (Fsp3) is 0.852. The van der Waals surface area contributed by atoms with E-state index in [0.717, 1.165) is 61.8 Å². The van der Waals surface area contributed by atoms with Gasteiger partial charge in [0.2, 0.25) is 0 Å². The molecule has 0 radical (unpaired) electrons. The molecule has 0 bridgehead atoms. The fourth-order valence-electron chi connectivity index (χ4n) is 4.75. The van der Waals surface area contributed by atoms with Crippen molar-refractivity contribution >= 4 is 12.6 Å². The van der Waals surface area contributed by atoms with Crippen molar-refractivity contribution in [2.45, 2.75) is 136 Å². The topological polar surface area (TPSA) is 102 Å². The predicted molar refractivity (Wildman–Crippen MR) is 142 cm³/mol. The maximum Gasteiger partial charge on any atom is 0.0789 e. The second-order valence-corrected chi connectivity index (χ2v) is 11.7. The Hall–Kier alpha value is -0.410. The van der Waals surface area contributed by atoms with Crippen LogP contribution in [0.5, 0.6) is 0 Å². The van der Waals surface area contributed by atoms with E-state index in [2.05, 4.69) is 26.5 Å². The molecule has 1 aliphatic carbocycles. The lowest BCUT2D eigenvalue weighted by Crippen LogP contribution is -2.28. The molecule has 0 aromatic heterocycles. The number of rotatable bonds is 17. The lowest BCUT2D eigenvalue weighted by molar-refractivity contribution is -0.159. The zero-order valence-electron chi connectivity index (χ0n) is 22.3. The van der Waals surface area contributed by atoms with Gasteiger partial charge >= 0.3 is 0 Å². The van der Waals surface area contributed by atoms with Crippen LogP contribution in [-0.4, -0.2) is 43.9 Å². The van der Waals surface area contributed by atoms with Crippen LogP contribution in [0.15, 0.2) is 22.1 Å². The third-order valence-electron chi connectivity index (χ3n) is 7.57. The van der Waals surface area contributed by atoms with Gasteiger partial charge in [0.1, 0.15) is 0 Å². The van der Waals surface area contributed by atoms with Gasteiger partial charge in [-0.05, 0) is 97.0 Å². The smallest absolute Gasteiger partial charge is 0.0789 e. The van der Waals surface area contributed by atoms with E-state index in [0.29, 0.717) is 25.2 Å². The van der Waals surface area contributed by atoms with Gasteiger partial charge in [0.15, 0.2) is 0 Å². The molecule has 0 aromatic carbocycles. The Labute approximate surface area is 213 Å². The van der Waals surface area contributed by atoms with E-state index in [9.17, 15) is 15.3 Å². The number of hydrogen-bond donors (Lipinski definition) is 6. The summed E-state index contributed by atoms with van der Waals surface area (Å²) < 4.78 is 0. The Kier molecular flexibility index (Phi) is 13.9. The normalized spacial score (nSPS) is 24.4. The molecule has 5 N–H and O–H groups in total. The Morgan fingerprint density at radius 1 is 1.00 bits per heavy atom. The molecule has 0 spiro atoms. The quantitative estimate of drug-likeness (QED) is 0.110. The van der Waals surface area contributed by atoms with Crippen LogP contribution in [0, 0.1) is 11.8 Å². The molecule has 0 fully saturated rings. The van der Waals surface area contributed by atoms with E-state index < -0.39 is 17.3 Å². The molecule has 7 heteroatoms. The maximum absolute atomic E-state index is 10.8. The van der Waals surface area contributed by atoms with Crippen molar-refractivity contribution in [3.63, 3.8) is 0 Å². The molecule has 6 unspecified atom stereocenters. The predicted octanol–water partition coefficient (Wildman–Crippen LogP) is 5.86. The molecule has 0 heterocycles. The van der Waals surface area contributed by atoms with Crippen LogP contribution >= 0.6 is 12.6 Å². The molecule has 0 aromatic rings. The van der Waals surface area contributed by atoms with Crippen LogP contribution in [0.1, 0.15) is 112 Å². The first-order chi connectivity index (χ1) is 15.8. The van der Waals surface area contributed by atoms with Crippen LogP contribution in [0.4, 0.5) is 0 Å². The van der Waals surface area contributed by atoms with Gasteiger partial charge in [-0.2, -0.15) is 0 Å². The third kappa shape index (κ3) is 12.0. The summed E-state index contributed by atoms with van der Waals surface area (Å²) in [6.45, 7) is 12.0. The van der Waals surface area contributed by atoms with E-state index in [-0.39, 0.29) is 12.0 Å². The van der Waals surface area contributed by atoms with Crippen molar-refractivity contribution in [3.05, 3.63) is 22.1 Å². The summed E-state index contributed by atoms with van der Waals surface area (Å²) in [5.74, 6) is 0.676. The highest BCUT2D eigenvalue weighted by Gasteiger charge is 2.25. The van der Waals surface area contributed by atoms with Crippen LogP contribution in [0.25, 0.3) is 0 Å². The minimum atomic E-state index is -0.755. The minimum Gasteiger partial charge on any atom is -0.390 e. The highest BCUT2D eigenvalue weighted by atomic mass is 32.1. The third-order valence-corrected chi connectivity index (χ3v) is 8.21. The Morgan fingerprint density at radius 3 is 2.09 bits per heavy atom. The SMILES string of the molecule is CC1=C(S)C(CCC(C)CCCC(C)(O)CCCC(C)(O)CCCC(C)ONO)=CC(O)C1C. The largest absolute Gasteiger partial charge is 0.390 e. The lowest BCUT2D eigenvalue weighted by atomic mass is 9.84. The van der Waals surface area contributed by atoms with Gasteiger partial charge in [0.05, 0.1) is 23.4 Å². The molecule has 200 valence electrons. The molecule has 0 saturated heterocycles. The molecule has 6 atom stereocenters. The van der Waals surface area contributed by atoms with Gasteiger partial charge in [-0.1, -0.05) is 44.0 Å². The van der Waals surface area contributed by atoms with E-state index in [1.807, 2.05) is 33.8 Å². The second kappa shape index (κ2) is 15.0. The first-order valence-electron chi connectivity index (χ1n) is 13.1. The second-order valence-electron chi connectivity index (χ2n) is 11.3. The molecule has 6 nitrogen and oxygen atoms in total. The average Bonchev–Trinajstić information content (AvgIpc) is 2.73. The van der Waals surface area contributed by atoms with Crippen molar-refractivity contribution in [1.82, 2.24) is 5.64 Å². The van der Waals surface area contributed by atoms with Gasteiger partial charge in [-0.3, -0.25) is 10.0 Å². The molecule has 1 rings (SSSR count). The number of thiol groups is 1. The summed E-state index contributed by atoms with van der Waals surface area (Å²) in [4.78, 5) is 5.91. The highest BCUT2D eigenvalue weighted by molar-refractivity contribution is 7.84. The van der Waals surface area contributed by atoms with Gasteiger partial charge in [0.25, 0.3) is 0 Å². The first kappa shape index (κ1) is 31.6. The lowest BCUT2D eigenvalue weighted by Gasteiger charge is -2.28. The standard InChI is InChI=1S/C27H51NO5S/c1-19(12-13-23-18-24(29)21(3)22(4)25(23)34)10-7-14-26(5,30)16-9-17-27(6,31)15-8-11-20(2)33-28-32/h18-21,24,28-32,34H,7-17H2,1-6H3. The van der Waals surface area contributed by atoms with Crippen molar-refractivity contribution in [3.8, 4) is 0 Å². The monoisotopic (exact) mass is 501 g/mol. The van der Waals surface area contributed by atoms with Gasteiger partial charge in [0, 0.05) is 10.8 Å². The van der Waals surface area contributed by atoms with Gasteiger partial charge in [-0.25, -0.2) is 0 Å². The molecule has 0 saturated carbocycles. The first-order valence-corrected chi connectivity index (χ1v) is 13.5. The zero-order chi connectivity index (χ0) is 25.9. The summed E-state index contributed by atoms with van der Waals surface area (Å²) in [6.07, 6.45) is 10.6. The van der Waals surface area contributed by atoms with Gasteiger partial charge < -0.3 is 15.3 Å². The van der Waals surface area contributed by atoms with E-state index in [1.165, 1.54) is 5.57 Å². The molecule has 34 heavy (non-hydrogen) atoms. The summed E-state index contributed by atoms with van der Waals surface area (Å²) in [5.41, 5.74) is 2.56. The summed E-state index contributed by atoms with van der Waals surface area (Å²) in [7, 11) is 0. The number of hydrogen-bond acceptors (Lipinski definition) is 7. The number of aliphatic hydroxyl groups is 3. The summed E-state index contributed by atoms with van der Waals surface area (Å²) in [5, 5.41) is 40.2.